The molecule has 0 radical (unpaired) electrons. The van der Waals surface area contributed by atoms with Crippen molar-refractivity contribution in [1.29, 1.82) is 0 Å². The van der Waals surface area contributed by atoms with Gasteiger partial charge in [0.15, 0.2) is 0 Å². The van der Waals surface area contributed by atoms with Crippen LogP contribution in [-0.4, -0.2) is 4.92 Å². The van der Waals surface area contributed by atoms with Gasteiger partial charge < -0.3 is 5.32 Å². The van der Waals surface area contributed by atoms with Crippen LogP contribution in [0.3, 0.4) is 0 Å². The van der Waals surface area contributed by atoms with Crippen LogP contribution in [-0.2, 0) is 6.54 Å². The van der Waals surface area contributed by atoms with Crippen LogP contribution < -0.4 is 5.32 Å². The highest BCUT2D eigenvalue weighted by molar-refractivity contribution is 9.10. The Morgan fingerprint density at radius 3 is 2.75 bits per heavy atom. The van der Waals surface area contributed by atoms with Crippen molar-refractivity contribution in [1.82, 2.24) is 0 Å². The Labute approximate surface area is 123 Å². The molecule has 6 heteroatoms. The summed E-state index contributed by atoms with van der Waals surface area (Å²) >= 11 is 3.23. The molecule has 0 spiro atoms. The summed E-state index contributed by atoms with van der Waals surface area (Å²) in [4.78, 5) is 10.4. The summed E-state index contributed by atoms with van der Waals surface area (Å²) in [6.45, 7) is 2.06. The number of nitro benzene ring substituents is 1. The quantitative estimate of drug-likeness (QED) is 0.663. The highest BCUT2D eigenvalue weighted by Crippen LogP contribution is 2.28. The maximum absolute atomic E-state index is 13.4. The predicted molar refractivity (Wildman–Crippen MR) is 79.3 cm³/mol. The first-order valence-electron chi connectivity index (χ1n) is 5.91. The van der Waals surface area contributed by atoms with Crippen LogP contribution in [0.2, 0.25) is 0 Å². The molecule has 2 rings (SSSR count). The van der Waals surface area contributed by atoms with E-state index in [0.717, 1.165) is 5.56 Å². The van der Waals surface area contributed by atoms with E-state index in [1.54, 1.807) is 31.2 Å². The van der Waals surface area contributed by atoms with Gasteiger partial charge in [0.05, 0.1) is 4.92 Å². The number of hydrogen-bond donors (Lipinski definition) is 1. The Morgan fingerprint density at radius 1 is 1.35 bits per heavy atom. The number of benzene rings is 2. The molecule has 0 saturated heterocycles. The van der Waals surface area contributed by atoms with E-state index in [4.69, 9.17) is 0 Å². The van der Waals surface area contributed by atoms with Crippen LogP contribution >= 0.6 is 15.9 Å². The molecule has 2 aromatic rings. The van der Waals surface area contributed by atoms with Gasteiger partial charge in [-0.15, -0.1) is 0 Å². The summed E-state index contributed by atoms with van der Waals surface area (Å²) in [6.07, 6.45) is 0. The zero-order valence-corrected chi connectivity index (χ0v) is 12.3. The van der Waals surface area contributed by atoms with Gasteiger partial charge in [0.2, 0.25) is 0 Å². The normalized spacial score (nSPS) is 10.3. The van der Waals surface area contributed by atoms with Crippen molar-refractivity contribution < 1.29 is 9.31 Å². The standard InChI is InChI=1S/C14H12BrFN2O2/c1-9-5-6-11(7-12(9)16)17-8-10-3-2-4-13(14(10)15)18(19)20/h2-7,17H,8H2,1H3. The fourth-order valence-corrected chi connectivity index (χ4v) is 2.29. The van der Waals surface area contributed by atoms with Crippen molar-refractivity contribution >= 4 is 27.3 Å². The fraction of sp³-hybridized carbons (Fsp3) is 0.143. The summed E-state index contributed by atoms with van der Waals surface area (Å²) in [5.41, 5.74) is 1.96. The number of nitro groups is 1. The Balaban J connectivity index is 2.17. The van der Waals surface area contributed by atoms with E-state index in [9.17, 15) is 14.5 Å². The molecule has 0 bridgehead atoms. The first-order valence-corrected chi connectivity index (χ1v) is 6.70. The van der Waals surface area contributed by atoms with Crippen molar-refractivity contribution in [2.24, 2.45) is 0 Å². The van der Waals surface area contributed by atoms with Crippen LogP contribution in [0.4, 0.5) is 15.8 Å². The van der Waals surface area contributed by atoms with Crippen LogP contribution in [0.5, 0.6) is 0 Å². The summed E-state index contributed by atoms with van der Waals surface area (Å²) in [5.74, 6) is -0.284. The van der Waals surface area contributed by atoms with Gasteiger partial charge >= 0.3 is 0 Å². The number of nitrogens with one attached hydrogen (secondary N) is 1. The molecule has 0 amide bonds. The topological polar surface area (TPSA) is 55.2 Å². The van der Waals surface area contributed by atoms with E-state index in [-0.39, 0.29) is 11.5 Å². The van der Waals surface area contributed by atoms with Gasteiger partial charge in [-0.2, -0.15) is 0 Å². The third kappa shape index (κ3) is 3.14. The summed E-state index contributed by atoms with van der Waals surface area (Å²) < 4.78 is 13.9. The van der Waals surface area contributed by atoms with Crippen molar-refractivity contribution in [3.8, 4) is 0 Å². The van der Waals surface area contributed by atoms with Crippen molar-refractivity contribution in [2.45, 2.75) is 13.5 Å². The fourth-order valence-electron chi connectivity index (χ4n) is 1.74. The maximum atomic E-state index is 13.4. The highest BCUT2D eigenvalue weighted by Gasteiger charge is 2.14. The van der Waals surface area contributed by atoms with E-state index >= 15 is 0 Å². The highest BCUT2D eigenvalue weighted by atomic mass is 79.9. The van der Waals surface area contributed by atoms with Gasteiger partial charge in [-0.25, -0.2) is 4.39 Å². The third-order valence-electron chi connectivity index (χ3n) is 2.91. The zero-order valence-electron chi connectivity index (χ0n) is 10.7. The number of aryl methyl sites for hydroxylation is 1. The van der Waals surface area contributed by atoms with Crippen LogP contribution in [0.15, 0.2) is 40.9 Å². The molecule has 0 unspecified atom stereocenters. The molecule has 0 aromatic heterocycles. The average Bonchev–Trinajstić information content (AvgIpc) is 2.41. The number of anilines is 1. The lowest BCUT2D eigenvalue weighted by Crippen LogP contribution is -2.02. The lowest BCUT2D eigenvalue weighted by Gasteiger charge is -2.09. The molecule has 0 aliphatic heterocycles. The number of rotatable bonds is 4. The molecule has 0 aliphatic carbocycles. The Kier molecular flexibility index (Phi) is 4.34. The van der Waals surface area contributed by atoms with E-state index < -0.39 is 4.92 Å². The molecule has 0 aliphatic rings. The Hall–Kier alpha value is -1.95. The van der Waals surface area contributed by atoms with Crippen molar-refractivity contribution in [3.63, 3.8) is 0 Å². The lowest BCUT2D eigenvalue weighted by atomic mass is 10.2. The zero-order chi connectivity index (χ0) is 14.7. The van der Waals surface area contributed by atoms with Gasteiger partial charge in [-0.3, -0.25) is 10.1 Å². The third-order valence-corrected chi connectivity index (χ3v) is 3.83. The molecule has 0 heterocycles. The molecule has 4 nitrogen and oxygen atoms in total. The van der Waals surface area contributed by atoms with E-state index in [1.807, 2.05) is 0 Å². The minimum absolute atomic E-state index is 0.0133. The minimum Gasteiger partial charge on any atom is -0.381 e. The maximum Gasteiger partial charge on any atom is 0.283 e. The summed E-state index contributed by atoms with van der Waals surface area (Å²) in [6, 6.07) is 9.67. The molecule has 1 N–H and O–H groups in total. The second-order valence-corrected chi connectivity index (χ2v) is 5.12. The first kappa shape index (κ1) is 14.5. The molecule has 0 fully saturated rings. The van der Waals surface area contributed by atoms with E-state index in [0.29, 0.717) is 22.3 Å². The monoisotopic (exact) mass is 338 g/mol. The number of hydrogen-bond acceptors (Lipinski definition) is 3. The van der Waals surface area contributed by atoms with Crippen LogP contribution in [0, 0.1) is 22.9 Å². The van der Waals surface area contributed by atoms with Gasteiger partial charge in [0.25, 0.3) is 5.69 Å². The van der Waals surface area contributed by atoms with Crippen molar-refractivity contribution in [3.05, 3.63) is 67.9 Å². The average molecular weight is 339 g/mol. The summed E-state index contributed by atoms with van der Waals surface area (Å²) in [7, 11) is 0. The van der Waals surface area contributed by atoms with E-state index in [2.05, 4.69) is 21.2 Å². The van der Waals surface area contributed by atoms with Gasteiger partial charge in [-0.1, -0.05) is 18.2 Å². The van der Waals surface area contributed by atoms with Gasteiger partial charge in [0, 0.05) is 18.3 Å². The second kappa shape index (κ2) is 6.00. The SMILES string of the molecule is Cc1ccc(NCc2cccc([N+](=O)[O-])c2Br)cc1F. The first-order chi connectivity index (χ1) is 9.49. The largest absolute Gasteiger partial charge is 0.381 e. The number of nitrogens with zero attached hydrogens (tertiary/aromatic N) is 1. The van der Waals surface area contributed by atoms with Crippen LogP contribution in [0.25, 0.3) is 0 Å². The molecule has 20 heavy (non-hydrogen) atoms. The molecular weight excluding hydrogens is 327 g/mol. The molecule has 2 aromatic carbocycles. The van der Waals surface area contributed by atoms with Gasteiger partial charge in [0.1, 0.15) is 10.3 Å². The predicted octanol–water partition coefficient (Wildman–Crippen LogP) is 4.42. The molecule has 104 valence electrons. The van der Waals surface area contributed by atoms with E-state index in [1.165, 1.54) is 12.1 Å². The Bertz CT molecular complexity index is 662. The van der Waals surface area contributed by atoms with Gasteiger partial charge in [-0.05, 0) is 46.1 Å². The minimum atomic E-state index is -0.445. The van der Waals surface area contributed by atoms with Crippen molar-refractivity contribution in [2.75, 3.05) is 5.32 Å². The lowest BCUT2D eigenvalue weighted by molar-refractivity contribution is -0.385. The molecular formula is C14H12BrFN2O2. The Morgan fingerprint density at radius 2 is 2.10 bits per heavy atom. The smallest absolute Gasteiger partial charge is 0.283 e. The number of halogens is 2. The molecule has 0 saturated carbocycles. The second-order valence-electron chi connectivity index (χ2n) is 4.32. The van der Waals surface area contributed by atoms with Crippen LogP contribution in [0.1, 0.15) is 11.1 Å². The molecule has 0 atom stereocenters. The summed E-state index contributed by atoms with van der Waals surface area (Å²) in [5, 5.41) is 13.9.